The quantitative estimate of drug-likeness (QED) is 0.300. The third-order valence-electron chi connectivity index (χ3n) is 4.58. The second-order valence-corrected chi connectivity index (χ2v) is 6.36. The predicted octanol–water partition coefficient (Wildman–Crippen LogP) is 3.21. The van der Waals surface area contributed by atoms with Crippen LogP contribution in [0, 0.1) is 0 Å². The van der Waals surface area contributed by atoms with Gasteiger partial charge in [0.2, 0.25) is 0 Å². The summed E-state index contributed by atoms with van der Waals surface area (Å²) < 4.78 is 7.18. The van der Waals surface area contributed by atoms with E-state index in [2.05, 4.69) is 44.9 Å². The number of hydrogen-bond acceptors (Lipinski definition) is 4. The number of nitrogens with one attached hydrogen (secondary N) is 2. The van der Waals surface area contributed by atoms with E-state index in [1.165, 1.54) is 5.56 Å². The van der Waals surface area contributed by atoms with Crippen molar-refractivity contribution < 1.29 is 4.74 Å². The fraction of sp³-hybridized carbons (Fsp3) is 0.350. The minimum absolute atomic E-state index is 0. The molecule has 0 bridgehead atoms. The lowest BCUT2D eigenvalue weighted by Gasteiger charge is -2.15. The molecule has 0 aliphatic rings. The molecule has 0 fully saturated rings. The van der Waals surface area contributed by atoms with Gasteiger partial charge in [0.25, 0.3) is 0 Å². The van der Waals surface area contributed by atoms with Crippen molar-refractivity contribution in [3.63, 3.8) is 0 Å². The molecule has 2 heterocycles. The third-order valence-corrected chi connectivity index (χ3v) is 4.58. The molecule has 2 N–H and O–H groups in total. The summed E-state index contributed by atoms with van der Waals surface area (Å²) in [7, 11) is 3.45. The van der Waals surface area contributed by atoms with Crippen LogP contribution in [0.3, 0.4) is 0 Å². The van der Waals surface area contributed by atoms with E-state index < -0.39 is 0 Å². The Balaban J connectivity index is 0.00000280. The van der Waals surface area contributed by atoms with Crippen molar-refractivity contribution in [2.24, 2.45) is 4.99 Å². The van der Waals surface area contributed by atoms with Crippen LogP contribution in [0.1, 0.15) is 30.7 Å². The van der Waals surface area contributed by atoms with E-state index in [0.717, 1.165) is 36.1 Å². The van der Waals surface area contributed by atoms with Gasteiger partial charge in [0.05, 0.1) is 13.7 Å². The Morgan fingerprint density at radius 2 is 1.93 bits per heavy atom. The number of aliphatic imine (C=N–C) groups is 1. The maximum absolute atomic E-state index is 5.21. The van der Waals surface area contributed by atoms with Crippen LogP contribution in [0.2, 0.25) is 0 Å². The number of ether oxygens (including phenoxy) is 1. The second kappa shape index (κ2) is 10.8. The highest BCUT2D eigenvalue weighted by molar-refractivity contribution is 14.0. The average Bonchev–Trinajstić information content (AvgIpc) is 3.13. The first-order chi connectivity index (χ1) is 13.2. The van der Waals surface area contributed by atoms with E-state index in [1.54, 1.807) is 14.2 Å². The van der Waals surface area contributed by atoms with Crippen molar-refractivity contribution in [2.45, 2.75) is 25.8 Å². The van der Waals surface area contributed by atoms with Gasteiger partial charge in [-0.05, 0) is 42.2 Å². The molecule has 0 radical (unpaired) electrons. The Bertz CT molecular complexity index is 893. The molecule has 150 valence electrons. The van der Waals surface area contributed by atoms with Crippen LogP contribution in [0.15, 0.2) is 53.7 Å². The molecular weight excluding hydrogens is 467 g/mol. The van der Waals surface area contributed by atoms with Gasteiger partial charge in [-0.25, -0.2) is 0 Å². The Kier molecular flexibility index (Phi) is 8.49. The lowest BCUT2D eigenvalue weighted by atomic mass is 9.98. The summed E-state index contributed by atoms with van der Waals surface area (Å²) in [6.07, 6.45) is 2.96. The number of benzene rings is 1. The van der Waals surface area contributed by atoms with Crippen LogP contribution in [0.25, 0.3) is 5.65 Å². The molecule has 0 amide bonds. The molecule has 0 aliphatic carbocycles. The van der Waals surface area contributed by atoms with E-state index in [1.807, 2.05) is 40.9 Å². The fourth-order valence-corrected chi connectivity index (χ4v) is 2.90. The molecule has 2 aromatic heterocycles. The fourth-order valence-electron chi connectivity index (χ4n) is 2.90. The molecule has 1 aromatic carbocycles. The van der Waals surface area contributed by atoms with Gasteiger partial charge in [-0.2, -0.15) is 0 Å². The van der Waals surface area contributed by atoms with Gasteiger partial charge < -0.3 is 15.4 Å². The number of hydrogen-bond donors (Lipinski definition) is 2. The number of halogens is 1. The maximum atomic E-state index is 5.21. The minimum atomic E-state index is 0. The number of guanidine groups is 1. The largest absolute Gasteiger partial charge is 0.497 e. The lowest BCUT2D eigenvalue weighted by molar-refractivity contribution is 0.414. The molecule has 1 atom stereocenters. The summed E-state index contributed by atoms with van der Waals surface area (Å²) in [6.45, 7) is 3.61. The van der Waals surface area contributed by atoms with Gasteiger partial charge in [-0.3, -0.25) is 9.39 Å². The van der Waals surface area contributed by atoms with Crippen LogP contribution in [0.5, 0.6) is 5.75 Å². The molecule has 0 saturated heterocycles. The first-order valence-corrected chi connectivity index (χ1v) is 9.08. The van der Waals surface area contributed by atoms with Gasteiger partial charge in [0.15, 0.2) is 17.4 Å². The van der Waals surface area contributed by atoms with Gasteiger partial charge in [0, 0.05) is 19.8 Å². The number of aromatic nitrogens is 3. The SMILES string of the molecule is CN=C(NCCC(C)c1ccc(OC)cc1)NCc1nnc2ccccn12.I. The number of fused-ring (bicyclic) bond motifs is 1. The highest BCUT2D eigenvalue weighted by Gasteiger charge is 2.08. The van der Waals surface area contributed by atoms with Gasteiger partial charge in [-0.1, -0.05) is 25.1 Å². The highest BCUT2D eigenvalue weighted by atomic mass is 127. The third kappa shape index (κ3) is 5.57. The lowest BCUT2D eigenvalue weighted by Crippen LogP contribution is -2.38. The number of pyridine rings is 1. The van der Waals surface area contributed by atoms with Crippen LogP contribution in [0.4, 0.5) is 0 Å². The molecular formula is C20H27IN6O. The van der Waals surface area contributed by atoms with Crippen molar-refractivity contribution in [1.29, 1.82) is 0 Å². The monoisotopic (exact) mass is 494 g/mol. The number of methoxy groups -OCH3 is 1. The first kappa shape index (κ1) is 21.9. The zero-order valence-corrected chi connectivity index (χ0v) is 18.8. The number of nitrogens with zero attached hydrogens (tertiary/aromatic N) is 4. The Labute approximate surface area is 182 Å². The normalized spacial score (nSPS) is 12.3. The molecule has 3 rings (SSSR count). The van der Waals surface area contributed by atoms with Crippen molar-refractivity contribution >= 4 is 35.6 Å². The van der Waals surface area contributed by atoms with E-state index in [4.69, 9.17) is 4.74 Å². The summed E-state index contributed by atoms with van der Waals surface area (Å²) >= 11 is 0. The minimum Gasteiger partial charge on any atom is -0.497 e. The Hall–Kier alpha value is -2.36. The summed E-state index contributed by atoms with van der Waals surface area (Å²) in [5.74, 6) is 2.93. The molecule has 3 aromatic rings. The van der Waals surface area contributed by atoms with E-state index in [0.29, 0.717) is 12.5 Å². The second-order valence-electron chi connectivity index (χ2n) is 6.36. The maximum Gasteiger partial charge on any atom is 0.191 e. The van der Waals surface area contributed by atoms with Gasteiger partial charge >= 0.3 is 0 Å². The predicted molar refractivity (Wildman–Crippen MR) is 123 cm³/mol. The van der Waals surface area contributed by atoms with E-state index in [-0.39, 0.29) is 24.0 Å². The Morgan fingerprint density at radius 3 is 2.64 bits per heavy atom. The summed E-state index contributed by atoms with van der Waals surface area (Å²) in [5.41, 5.74) is 2.14. The molecule has 1 unspecified atom stereocenters. The van der Waals surface area contributed by atoms with Crippen LogP contribution in [-0.4, -0.2) is 41.3 Å². The van der Waals surface area contributed by atoms with Crippen LogP contribution >= 0.6 is 24.0 Å². The van der Waals surface area contributed by atoms with Crippen molar-refractivity contribution in [3.05, 3.63) is 60.0 Å². The van der Waals surface area contributed by atoms with Crippen molar-refractivity contribution in [3.8, 4) is 5.75 Å². The summed E-state index contributed by atoms with van der Waals surface area (Å²) in [5, 5.41) is 15.0. The first-order valence-electron chi connectivity index (χ1n) is 9.08. The molecule has 0 spiro atoms. The van der Waals surface area contributed by atoms with E-state index in [9.17, 15) is 0 Å². The van der Waals surface area contributed by atoms with Gasteiger partial charge in [-0.15, -0.1) is 34.2 Å². The van der Waals surface area contributed by atoms with E-state index >= 15 is 0 Å². The summed E-state index contributed by atoms with van der Waals surface area (Å²) in [4.78, 5) is 4.28. The number of rotatable bonds is 7. The molecule has 28 heavy (non-hydrogen) atoms. The zero-order chi connectivity index (χ0) is 19.1. The van der Waals surface area contributed by atoms with Crippen molar-refractivity contribution in [2.75, 3.05) is 20.7 Å². The van der Waals surface area contributed by atoms with Crippen LogP contribution in [-0.2, 0) is 6.54 Å². The van der Waals surface area contributed by atoms with Crippen LogP contribution < -0.4 is 15.4 Å². The summed E-state index contributed by atoms with van der Waals surface area (Å²) in [6, 6.07) is 14.1. The average molecular weight is 494 g/mol. The molecule has 0 aliphatic heterocycles. The Morgan fingerprint density at radius 1 is 1.14 bits per heavy atom. The zero-order valence-electron chi connectivity index (χ0n) is 16.4. The highest BCUT2D eigenvalue weighted by Crippen LogP contribution is 2.21. The smallest absolute Gasteiger partial charge is 0.191 e. The molecule has 7 nitrogen and oxygen atoms in total. The topological polar surface area (TPSA) is 75.8 Å². The van der Waals surface area contributed by atoms with Gasteiger partial charge in [0.1, 0.15) is 5.75 Å². The molecule has 8 heteroatoms. The van der Waals surface area contributed by atoms with Crippen molar-refractivity contribution in [1.82, 2.24) is 25.2 Å². The molecule has 0 saturated carbocycles. The standard InChI is InChI=1S/C20H26N6O.HI/c1-15(16-7-9-17(27-3)10-8-16)11-12-22-20(21-2)23-14-19-25-24-18-6-4-5-13-26(18)19;/h4-10,13,15H,11-12,14H2,1-3H3,(H2,21,22,23);1H.